The quantitative estimate of drug-likeness (QED) is 0.160. The summed E-state index contributed by atoms with van der Waals surface area (Å²) in [6, 6.07) is 33.3. The average molecular weight is 519 g/mol. The van der Waals surface area contributed by atoms with Crippen LogP contribution in [-0.2, 0) is 24.5 Å². The van der Waals surface area contributed by atoms with E-state index >= 15 is 0 Å². The van der Waals surface area contributed by atoms with Crippen LogP contribution in [0, 0.1) is 0 Å². The second kappa shape index (κ2) is 12.9. The topological polar surface area (TPSA) is 105 Å². The summed E-state index contributed by atoms with van der Waals surface area (Å²) in [5.74, 6) is -1.05. The lowest BCUT2D eigenvalue weighted by molar-refractivity contribution is -0.143. The van der Waals surface area contributed by atoms with Crippen LogP contribution in [0.1, 0.15) is 22.3 Å². The minimum absolute atomic E-state index is 0.0888. The SMILES string of the molecule is Nc1ccc(C(COC(=O)C=Cc2ccccc2)(COC(=O)C=Cc2ccccc2)c2ccc(N)cc2)cc1. The van der Waals surface area contributed by atoms with Crippen LogP contribution in [0.3, 0.4) is 0 Å². The van der Waals surface area contributed by atoms with Crippen molar-refractivity contribution in [3.8, 4) is 0 Å². The van der Waals surface area contributed by atoms with E-state index in [0.29, 0.717) is 11.4 Å². The first-order chi connectivity index (χ1) is 18.9. The van der Waals surface area contributed by atoms with Gasteiger partial charge in [0.25, 0.3) is 0 Å². The van der Waals surface area contributed by atoms with E-state index in [1.807, 2.05) is 84.9 Å². The highest BCUT2D eigenvalue weighted by Gasteiger charge is 2.38. The molecule has 4 aromatic carbocycles. The lowest BCUT2D eigenvalue weighted by Crippen LogP contribution is -2.39. The molecule has 4 aromatic rings. The minimum atomic E-state index is -1.02. The number of hydrogen-bond acceptors (Lipinski definition) is 6. The van der Waals surface area contributed by atoms with Gasteiger partial charge in [0, 0.05) is 23.5 Å². The van der Waals surface area contributed by atoms with Crippen LogP contribution in [0.4, 0.5) is 11.4 Å². The van der Waals surface area contributed by atoms with E-state index in [4.69, 9.17) is 20.9 Å². The van der Waals surface area contributed by atoms with Crippen LogP contribution in [0.25, 0.3) is 12.2 Å². The molecule has 0 amide bonds. The van der Waals surface area contributed by atoms with E-state index in [-0.39, 0.29) is 13.2 Å². The number of esters is 2. The van der Waals surface area contributed by atoms with E-state index in [2.05, 4.69) is 0 Å². The summed E-state index contributed by atoms with van der Waals surface area (Å²) in [6.07, 6.45) is 6.12. The summed E-state index contributed by atoms with van der Waals surface area (Å²) in [4.78, 5) is 25.5. The monoisotopic (exact) mass is 518 g/mol. The number of nitrogen functional groups attached to an aromatic ring is 2. The third-order valence-corrected chi connectivity index (χ3v) is 6.27. The molecule has 0 unspecified atom stereocenters. The number of carbonyl (C=O) groups is 2. The first-order valence-electron chi connectivity index (χ1n) is 12.5. The summed E-state index contributed by atoms with van der Waals surface area (Å²) in [5, 5.41) is 0. The molecule has 0 bridgehead atoms. The fourth-order valence-electron chi connectivity index (χ4n) is 4.09. The van der Waals surface area contributed by atoms with Gasteiger partial charge in [-0.15, -0.1) is 0 Å². The highest BCUT2D eigenvalue weighted by atomic mass is 16.5. The van der Waals surface area contributed by atoms with Crippen molar-refractivity contribution in [2.75, 3.05) is 24.7 Å². The van der Waals surface area contributed by atoms with Crippen molar-refractivity contribution in [1.82, 2.24) is 0 Å². The van der Waals surface area contributed by atoms with Crippen LogP contribution in [0.2, 0.25) is 0 Å². The largest absolute Gasteiger partial charge is 0.461 e. The van der Waals surface area contributed by atoms with Gasteiger partial charge in [0.05, 0.1) is 5.41 Å². The zero-order valence-electron chi connectivity index (χ0n) is 21.4. The molecule has 0 spiro atoms. The molecule has 0 heterocycles. The minimum Gasteiger partial charge on any atom is -0.461 e. The molecule has 0 atom stereocenters. The van der Waals surface area contributed by atoms with Crippen molar-refractivity contribution in [3.63, 3.8) is 0 Å². The number of hydrogen-bond donors (Lipinski definition) is 2. The summed E-state index contributed by atoms with van der Waals surface area (Å²) in [7, 11) is 0. The molecule has 4 rings (SSSR count). The molecule has 0 saturated heterocycles. The van der Waals surface area contributed by atoms with E-state index < -0.39 is 17.4 Å². The summed E-state index contributed by atoms with van der Waals surface area (Å²) >= 11 is 0. The van der Waals surface area contributed by atoms with Gasteiger partial charge in [0.1, 0.15) is 13.2 Å². The van der Waals surface area contributed by atoms with E-state index in [1.54, 1.807) is 36.4 Å². The average Bonchev–Trinajstić information content (AvgIpc) is 2.97. The standard InChI is InChI=1S/C33H30N2O4/c34-29-17-13-27(14-18-29)33(28-15-19-30(35)20-16-28,23-38-31(36)21-11-25-7-3-1-4-8-25)24-39-32(37)22-12-26-9-5-2-6-10-26/h1-22H,23-24,34-35H2. The molecule has 39 heavy (non-hydrogen) atoms. The Kier molecular flexibility index (Phi) is 8.93. The normalized spacial score (nSPS) is 11.5. The molecule has 196 valence electrons. The van der Waals surface area contributed by atoms with Crippen molar-refractivity contribution in [3.05, 3.63) is 144 Å². The van der Waals surface area contributed by atoms with Gasteiger partial charge in [-0.05, 0) is 58.7 Å². The molecular weight excluding hydrogens is 488 g/mol. The van der Waals surface area contributed by atoms with Gasteiger partial charge in [-0.1, -0.05) is 84.9 Å². The zero-order chi connectivity index (χ0) is 27.5. The maximum Gasteiger partial charge on any atom is 0.330 e. The molecule has 0 aliphatic carbocycles. The van der Waals surface area contributed by atoms with Gasteiger partial charge in [-0.2, -0.15) is 0 Å². The number of ether oxygens (including phenoxy) is 2. The first-order valence-corrected chi connectivity index (χ1v) is 12.5. The Hall–Kier alpha value is -5.10. The smallest absolute Gasteiger partial charge is 0.330 e. The van der Waals surface area contributed by atoms with Crippen LogP contribution in [0.5, 0.6) is 0 Å². The molecule has 6 nitrogen and oxygen atoms in total. The Balaban J connectivity index is 1.63. The second-order valence-corrected chi connectivity index (χ2v) is 9.03. The lowest BCUT2D eigenvalue weighted by atomic mass is 9.75. The maximum absolute atomic E-state index is 12.8. The van der Waals surface area contributed by atoms with E-state index in [0.717, 1.165) is 22.3 Å². The molecule has 6 heteroatoms. The Labute approximate surface area is 228 Å². The molecule has 0 fully saturated rings. The molecule has 0 saturated carbocycles. The highest BCUT2D eigenvalue weighted by molar-refractivity contribution is 5.88. The van der Waals surface area contributed by atoms with E-state index in [1.165, 1.54) is 12.2 Å². The Bertz CT molecular complexity index is 1320. The third-order valence-electron chi connectivity index (χ3n) is 6.27. The van der Waals surface area contributed by atoms with Crippen LogP contribution >= 0.6 is 0 Å². The van der Waals surface area contributed by atoms with Crippen molar-refractivity contribution in [2.24, 2.45) is 0 Å². The second-order valence-electron chi connectivity index (χ2n) is 9.03. The summed E-state index contributed by atoms with van der Waals surface area (Å²) < 4.78 is 11.5. The Morgan fingerprint density at radius 3 is 1.28 bits per heavy atom. The van der Waals surface area contributed by atoms with Gasteiger partial charge >= 0.3 is 11.9 Å². The predicted octanol–water partition coefficient (Wildman–Crippen LogP) is 5.65. The number of benzene rings is 4. The lowest BCUT2D eigenvalue weighted by Gasteiger charge is -2.34. The van der Waals surface area contributed by atoms with Crippen LogP contribution < -0.4 is 11.5 Å². The maximum atomic E-state index is 12.8. The highest BCUT2D eigenvalue weighted by Crippen LogP contribution is 2.35. The fourth-order valence-corrected chi connectivity index (χ4v) is 4.09. The Morgan fingerprint density at radius 2 is 0.923 bits per heavy atom. The van der Waals surface area contributed by atoms with Crippen molar-refractivity contribution >= 4 is 35.5 Å². The van der Waals surface area contributed by atoms with Gasteiger partial charge in [0.15, 0.2) is 0 Å². The predicted molar refractivity (Wildman–Crippen MR) is 155 cm³/mol. The molecule has 0 radical (unpaired) electrons. The molecule has 0 aliphatic heterocycles. The summed E-state index contributed by atoms with van der Waals surface area (Å²) in [6.45, 7) is -0.178. The van der Waals surface area contributed by atoms with E-state index in [9.17, 15) is 9.59 Å². The van der Waals surface area contributed by atoms with Crippen LogP contribution in [-0.4, -0.2) is 25.2 Å². The molecular formula is C33H30N2O4. The van der Waals surface area contributed by atoms with Crippen molar-refractivity contribution in [1.29, 1.82) is 0 Å². The first kappa shape index (κ1) is 26.9. The van der Waals surface area contributed by atoms with Gasteiger partial charge < -0.3 is 20.9 Å². The van der Waals surface area contributed by atoms with Gasteiger partial charge in [0.2, 0.25) is 0 Å². The molecule has 0 aliphatic rings. The summed E-state index contributed by atoms with van der Waals surface area (Å²) in [5.41, 5.74) is 15.3. The molecule has 0 aromatic heterocycles. The number of rotatable bonds is 10. The third kappa shape index (κ3) is 7.46. The number of anilines is 2. The van der Waals surface area contributed by atoms with Crippen molar-refractivity contribution in [2.45, 2.75) is 5.41 Å². The van der Waals surface area contributed by atoms with Gasteiger partial charge in [-0.25, -0.2) is 9.59 Å². The molecule has 4 N–H and O–H groups in total. The van der Waals surface area contributed by atoms with Gasteiger partial charge in [-0.3, -0.25) is 0 Å². The fraction of sp³-hybridized carbons (Fsp3) is 0.0909. The number of nitrogens with two attached hydrogens (primary N) is 2. The van der Waals surface area contributed by atoms with Crippen LogP contribution in [0.15, 0.2) is 121 Å². The Morgan fingerprint density at radius 1 is 0.564 bits per heavy atom. The zero-order valence-corrected chi connectivity index (χ0v) is 21.4. The van der Waals surface area contributed by atoms with Crippen molar-refractivity contribution < 1.29 is 19.1 Å². The number of carbonyl (C=O) groups excluding carboxylic acids is 2.